The average Bonchev–Trinajstić information content (AvgIpc) is 2.42. The van der Waals surface area contributed by atoms with Gasteiger partial charge >= 0.3 is 6.09 Å². The van der Waals surface area contributed by atoms with Crippen LogP contribution in [0.5, 0.6) is 5.75 Å². The van der Waals surface area contributed by atoms with Crippen LogP contribution in [0.15, 0.2) is 53.0 Å². The van der Waals surface area contributed by atoms with Gasteiger partial charge in [-0.05, 0) is 42.3 Å². The summed E-state index contributed by atoms with van der Waals surface area (Å²) in [6, 6.07) is 14.7. The zero-order chi connectivity index (χ0) is 13.7. The number of amides is 1. The number of rotatable bonds is 3. The molecule has 0 aliphatic carbocycles. The van der Waals surface area contributed by atoms with Gasteiger partial charge in [0.2, 0.25) is 0 Å². The molecule has 3 nitrogen and oxygen atoms in total. The molecule has 19 heavy (non-hydrogen) atoms. The molecule has 0 saturated heterocycles. The highest BCUT2D eigenvalue weighted by atomic mass is 79.9. The van der Waals surface area contributed by atoms with Crippen molar-refractivity contribution in [2.45, 2.75) is 13.3 Å². The Balaban J connectivity index is 2.07. The summed E-state index contributed by atoms with van der Waals surface area (Å²) in [5, 5.41) is 2.76. The Labute approximate surface area is 120 Å². The van der Waals surface area contributed by atoms with E-state index in [1.165, 1.54) is 0 Å². The molecule has 0 fully saturated rings. The highest BCUT2D eigenvalue weighted by Crippen LogP contribution is 2.22. The van der Waals surface area contributed by atoms with Gasteiger partial charge in [-0.2, -0.15) is 0 Å². The lowest BCUT2D eigenvalue weighted by molar-refractivity contribution is 0.215. The number of benzene rings is 2. The fourth-order valence-electron chi connectivity index (χ4n) is 1.71. The van der Waals surface area contributed by atoms with E-state index >= 15 is 0 Å². The molecule has 0 aliphatic heterocycles. The minimum Gasteiger partial charge on any atom is -0.410 e. The molecule has 4 heteroatoms. The van der Waals surface area contributed by atoms with E-state index in [0.717, 1.165) is 22.1 Å². The van der Waals surface area contributed by atoms with Crippen molar-refractivity contribution >= 4 is 27.7 Å². The first-order valence-electron chi connectivity index (χ1n) is 6.01. The topological polar surface area (TPSA) is 38.3 Å². The van der Waals surface area contributed by atoms with Crippen molar-refractivity contribution in [1.29, 1.82) is 0 Å². The summed E-state index contributed by atoms with van der Waals surface area (Å²) < 4.78 is 6.18. The van der Waals surface area contributed by atoms with Gasteiger partial charge in [-0.3, -0.25) is 5.32 Å². The Kier molecular flexibility index (Phi) is 4.58. The SMILES string of the molecule is CCc1cc(Br)ccc1NC(=O)Oc1ccccc1. The van der Waals surface area contributed by atoms with Crippen LogP contribution in [-0.4, -0.2) is 6.09 Å². The maximum Gasteiger partial charge on any atom is 0.417 e. The van der Waals surface area contributed by atoms with E-state index in [9.17, 15) is 4.79 Å². The maximum absolute atomic E-state index is 11.8. The van der Waals surface area contributed by atoms with Crippen molar-refractivity contribution in [3.05, 3.63) is 58.6 Å². The predicted molar refractivity (Wildman–Crippen MR) is 79.6 cm³/mol. The molecule has 1 amide bonds. The largest absolute Gasteiger partial charge is 0.417 e. The van der Waals surface area contributed by atoms with Gasteiger partial charge in [-0.1, -0.05) is 41.1 Å². The summed E-state index contributed by atoms with van der Waals surface area (Å²) in [6.07, 6.45) is 0.351. The van der Waals surface area contributed by atoms with Crippen LogP contribution in [0.25, 0.3) is 0 Å². The zero-order valence-corrected chi connectivity index (χ0v) is 12.1. The van der Waals surface area contributed by atoms with Gasteiger partial charge in [-0.15, -0.1) is 0 Å². The highest BCUT2D eigenvalue weighted by molar-refractivity contribution is 9.10. The number of ether oxygens (including phenoxy) is 1. The number of nitrogens with one attached hydrogen (secondary N) is 1. The summed E-state index contributed by atoms with van der Waals surface area (Å²) >= 11 is 3.41. The van der Waals surface area contributed by atoms with Crippen molar-refractivity contribution in [2.24, 2.45) is 0 Å². The summed E-state index contributed by atoms with van der Waals surface area (Å²) in [4.78, 5) is 11.8. The van der Waals surface area contributed by atoms with E-state index < -0.39 is 6.09 Å². The van der Waals surface area contributed by atoms with Gasteiger partial charge in [0.15, 0.2) is 0 Å². The molecule has 0 spiro atoms. The number of carbonyl (C=O) groups excluding carboxylic acids is 1. The molecule has 2 aromatic rings. The van der Waals surface area contributed by atoms with Crippen LogP contribution < -0.4 is 10.1 Å². The van der Waals surface area contributed by atoms with E-state index in [2.05, 4.69) is 21.2 Å². The van der Waals surface area contributed by atoms with Crippen LogP contribution in [0.2, 0.25) is 0 Å². The van der Waals surface area contributed by atoms with Gasteiger partial charge in [0.1, 0.15) is 5.75 Å². The summed E-state index contributed by atoms with van der Waals surface area (Å²) in [6.45, 7) is 2.04. The van der Waals surface area contributed by atoms with E-state index in [-0.39, 0.29) is 0 Å². The predicted octanol–water partition coefficient (Wildman–Crippen LogP) is 4.62. The lowest BCUT2D eigenvalue weighted by Crippen LogP contribution is -2.17. The second kappa shape index (κ2) is 6.38. The first-order valence-corrected chi connectivity index (χ1v) is 6.80. The van der Waals surface area contributed by atoms with Crippen molar-refractivity contribution in [3.63, 3.8) is 0 Å². The van der Waals surface area contributed by atoms with Gasteiger partial charge in [0, 0.05) is 10.2 Å². The fourth-order valence-corrected chi connectivity index (χ4v) is 2.12. The van der Waals surface area contributed by atoms with Gasteiger partial charge < -0.3 is 4.74 Å². The highest BCUT2D eigenvalue weighted by Gasteiger charge is 2.08. The number of carbonyl (C=O) groups is 1. The maximum atomic E-state index is 11.8. The molecule has 2 rings (SSSR count). The van der Waals surface area contributed by atoms with Crippen LogP contribution in [0, 0.1) is 0 Å². The molecule has 0 saturated carbocycles. The number of aryl methyl sites for hydroxylation is 1. The quantitative estimate of drug-likeness (QED) is 0.896. The minimum absolute atomic E-state index is 0.483. The Hall–Kier alpha value is -1.81. The fraction of sp³-hybridized carbons (Fsp3) is 0.133. The molecule has 0 radical (unpaired) electrons. The van der Waals surface area contributed by atoms with E-state index in [1.54, 1.807) is 12.1 Å². The summed E-state index contributed by atoms with van der Waals surface area (Å²) in [5.74, 6) is 0.523. The molecule has 0 bridgehead atoms. The van der Waals surface area contributed by atoms with Gasteiger partial charge in [0.25, 0.3) is 0 Å². The van der Waals surface area contributed by atoms with Crippen LogP contribution in [0.4, 0.5) is 10.5 Å². The third kappa shape index (κ3) is 3.83. The van der Waals surface area contributed by atoms with Crippen LogP contribution in [0.3, 0.4) is 0 Å². The minimum atomic E-state index is -0.483. The van der Waals surface area contributed by atoms with E-state index in [4.69, 9.17) is 4.74 Å². The summed E-state index contributed by atoms with van der Waals surface area (Å²) in [7, 11) is 0. The van der Waals surface area contributed by atoms with Crippen LogP contribution in [-0.2, 0) is 6.42 Å². The third-order valence-corrected chi connectivity index (χ3v) is 3.13. The van der Waals surface area contributed by atoms with Crippen LogP contribution >= 0.6 is 15.9 Å². The Morgan fingerprint density at radius 3 is 2.63 bits per heavy atom. The molecule has 2 aromatic carbocycles. The average molecular weight is 320 g/mol. The Morgan fingerprint density at radius 2 is 1.95 bits per heavy atom. The normalized spacial score (nSPS) is 10.0. The van der Waals surface area contributed by atoms with E-state index in [1.807, 2.05) is 43.3 Å². The van der Waals surface area contributed by atoms with E-state index in [0.29, 0.717) is 5.75 Å². The second-order valence-corrected chi connectivity index (χ2v) is 4.90. The Morgan fingerprint density at radius 1 is 1.21 bits per heavy atom. The number of hydrogen-bond acceptors (Lipinski definition) is 2. The number of hydrogen-bond donors (Lipinski definition) is 1. The Bertz CT molecular complexity index is 570. The van der Waals surface area contributed by atoms with Crippen molar-refractivity contribution in [2.75, 3.05) is 5.32 Å². The number of para-hydroxylation sites is 1. The molecule has 0 atom stereocenters. The molecule has 0 heterocycles. The first kappa shape index (κ1) is 13.6. The molecule has 1 N–H and O–H groups in total. The second-order valence-electron chi connectivity index (χ2n) is 3.98. The molecular formula is C15H14BrNO2. The zero-order valence-electron chi connectivity index (χ0n) is 10.5. The molecular weight excluding hydrogens is 306 g/mol. The monoisotopic (exact) mass is 319 g/mol. The number of anilines is 1. The molecule has 98 valence electrons. The van der Waals surface area contributed by atoms with Crippen LogP contribution in [0.1, 0.15) is 12.5 Å². The van der Waals surface area contributed by atoms with Crippen molar-refractivity contribution in [3.8, 4) is 5.75 Å². The number of halogens is 1. The van der Waals surface area contributed by atoms with Gasteiger partial charge in [-0.25, -0.2) is 4.79 Å². The summed E-state index contributed by atoms with van der Waals surface area (Å²) in [5.41, 5.74) is 1.83. The van der Waals surface area contributed by atoms with Gasteiger partial charge in [0.05, 0.1) is 0 Å². The lowest BCUT2D eigenvalue weighted by atomic mass is 10.1. The van der Waals surface area contributed by atoms with Crippen molar-refractivity contribution < 1.29 is 9.53 Å². The van der Waals surface area contributed by atoms with Crippen molar-refractivity contribution in [1.82, 2.24) is 0 Å². The lowest BCUT2D eigenvalue weighted by Gasteiger charge is -2.10. The third-order valence-electron chi connectivity index (χ3n) is 2.64. The molecule has 0 aliphatic rings. The standard InChI is InChI=1S/C15H14BrNO2/c1-2-11-10-12(16)8-9-14(11)17-15(18)19-13-6-4-3-5-7-13/h3-10H,2H2,1H3,(H,17,18). The smallest absolute Gasteiger partial charge is 0.410 e. The molecule has 0 aromatic heterocycles. The molecule has 0 unspecified atom stereocenters. The first-order chi connectivity index (χ1) is 9.19.